The second kappa shape index (κ2) is 15.7. The summed E-state index contributed by atoms with van der Waals surface area (Å²) in [6.45, 7) is 5.72. The van der Waals surface area contributed by atoms with Crippen LogP contribution in [0.15, 0.2) is 30.3 Å². The zero-order valence-electron chi connectivity index (χ0n) is 24.6. The maximum Gasteiger partial charge on any atom is 0.246 e. The first kappa shape index (κ1) is 32.2. The van der Waals surface area contributed by atoms with Gasteiger partial charge in [-0.3, -0.25) is 24.0 Å². The minimum atomic E-state index is -1.000. The fourth-order valence-corrected chi connectivity index (χ4v) is 5.48. The van der Waals surface area contributed by atoms with Crippen LogP contribution in [0.5, 0.6) is 0 Å². The van der Waals surface area contributed by atoms with Crippen LogP contribution >= 0.6 is 0 Å². The average molecular weight is 571 g/mol. The zero-order valence-corrected chi connectivity index (χ0v) is 24.6. The molecule has 0 bridgehead atoms. The molecule has 2 aliphatic rings. The van der Waals surface area contributed by atoms with Gasteiger partial charge in [-0.05, 0) is 50.5 Å². The largest absolute Gasteiger partial charge is 0.386 e. The number of hydrogen-bond donors (Lipinski definition) is 4. The molecule has 1 aromatic carbocycles. The molecule has 2 heterocycles. The Bertz CT molecular complexity index is 1060. The topological polar surface area (TPSA) is 145 Å². The lowest BCUT2D eigenvalue weighted by Gasteiger charge is -2.39. The number of nitrogens with one attached hydrogen (secondary N) is 3. The number of benzene rings is 1. The molecule has 4 N–H and O–H groups in total. The van der Waals surface area contributed by atoms with Crippen molar-refractivity contribution in [2.24, 2.45) is 5.92 Å². The molecular formula is C31H46N4O6. The number of nitrogens with zero attached hydrogens (tertiary/aromatic N) is 1. The third-order valence-electron chi connectivity index (χ3n) is 8.30. The monoisotopic (exact) mass is 570 g/mol. The van der Waals surface area contributed by atoms with E-state index in [1.165, 1.54) is 6.92 Å². The molecule has 10 heteroatoms. The number of unbranched alkanes of at least 4 members (excludes halogenated alkanes) is 2. The van der Waals surface area contributed by atoms with Gasteiger partial charge in [0.1, 0.15) is 30.3 Å². The Kier molecular flexibility index (Phi) is 12.3. The second-order valence-corrected chi connectivity index (χ2v) is 11.5. The number of amides is 4. The van der Waals surface area contributed by atoms with Crippen molar-refractivity contribution in [1.82, 2.24) is 20.9 Å². The Morgan fingerprint density at radius 2 is 1.61 bits per heavy atom. The van der Waals surface area contributed by atoms with Gasteiger partial charge in [-0.2, -0.15) is 0 Å². The highest BCUT2D eigenvalue weighted by Crippen LogP contribution is 2.22. The number of carbonyl (C=O) groups excluding carboxylic acids is 5. The number of hydrogen-bond acceptors (Lipinski definition) is 6. The Morgan fingerprint density at radius 1 is 0.927 bits per heavy atom. The van der Waals surface area contributed by atoms with Crippen LogP contribution in [0.3, 0.4) is 0 Å². The van der Waals surface area contributed by atoms with E-state index in [1.54, 1.807) is 4.90 Å². The van der Waals surface area contributed by atoms with Gasteiger partial charge >= 0.3 is 0 Å². The quantitative estimate of drug-likeness (QED) is 0.300. The fourth-order valence-electron chi connectivity index (χ4n) is 5.48. The Morgan fingerprint density at radius 3 is 2.29 bits per heavy atom. The highest BCUT2D eigenvalue weighted by molar-refractivity contribution is 5.97. The van der Waals surface area contributed by atoms with Crippen molar-refractivity contribution in [3.05, 3.63) is 35.9 Å². The maximum absolute atomic E-state index is 13.8. The summed E-state index contributed by atoms with van der Waals surface area (Å²) >= 11 is 0. The summed E-state index contributed by atoms with van der Waals surface area (Å²) in [5.74, 6) is -1.91. The standard InChI is InChI=1S/C31H46N4O6/c1-4-20(2)27-31(41)35-18-12-11-16-25(35)30(40)32-23(15-9-6-10-17-26(37)21(3)36)28(38)33-24(29(39)34-27)19-22-13-7-5-8-14-22/h5,7-8,13-14,20-21,23-25,27,36H,4,6,9-12,15-19H2,1-3H3,(H,32,40)(H,33,38)(H,34,39)/t20-,21+,23-,24+,25-,27-/m0/s1. The lowest BCUT2D eigenvalue weighted by Crippen LogP contribution is -2.64. The number of fused-ring (bicyclic) bond motifs is 1. The third-order valence-corrected chi connectivity index (χ3v) is 8.30. The van der Waals surface area contributed by atoms with Crippen molar-refractivity contribution in [2.45, 2.75) is 115 Å². The zero-order chi connectivity index (χ0) is 29.9. The third kappa shape index (κ3) is 9.11. The first-order valence-electron chi connectivity index (χ1n) is 15.1. The summed E-state index contributed by atoms with van der Waals surface area (Å²) in [7, 11) is 0. The molecule has 0 aromatic heterocycles. The van der Waals surface area contributed by atoms with E-state index < -0.39 is 42.1 Å². The summed E-state index contributed by atoms with van der Waals surface area (Å²) in [6, 6.07) is 5.98. The van der Waals surface area contributed by atoms with Crippen LogP contribution in [-0.4, -0.2) is 76.2 Å². The normalized spacial score (nSPS) is 25.5. The van der Waals surface area contributed by atoms with E-state index in [-0.39, 0.29) is 36.4 Å². The molecule has 2 saturated heterocycles. The van der Waals surface area contributed by atoms with Crippen LogP contribution in [0.2, 0.25) is 0 Å². The predicted molar refractivity (Wildman–Crippen MR) is 155 cm³/mol. The number of aliphatic hydroxyl groups excluding tert-OH is 1. The van der Waals surface area contributed by atoms with Crippen molar-refractivity contribution in [3.63, 3.8) is 0 Å². The summed E-state index contributed by atoms with van der Waals surface area (Å²) in [5, 5.41) is 18.1. The van der Waals surface area contributed by atoms with Gasteiger partial charge < -0.3 is 26.0 Å². The number of Topliss-reactive ketones (excluding diaryl/α,β-unsaturated/α-hetero) is 1. The molecule has 6 atom stereocenters. The fraction of sp³-hybridized carbons (Fsp3) is 0.645. The lowest BCUT2D eigenvalue weighted by atomic mass is 9.93. The average Bonchev–Trinajstić information content (AvgIpc) is 2.97. The molecule has 2 aliphatic heterocycles. The van der Waals surface area contributed by atoms with Gasteiger partial charge in [0.25, 0.3) is 0 Å². The summed E-state index contributed by atoms with van der Waals surface area (Å²) < 4.78 is 0. The number of aliphatic hydroxyl groups is 1. The van der Waals surface area contributed by atoms with E-state index >= 15 is 0 Å². The molecule has 2 fully saturated rings. The van der Waals surface area contributed by atoms with Crippen LogP contribution in [0.25, 0.3) is 0 Å². The van der Waals surface area contributed by atoms with Crippen LogP contribution in [0.1, 0.15) is 84.1 Å². The van der Waals surface area contributed by atoms with Crippen LogP contribution in [-0.2, 0) is 30.4 Å². The molecular weight excluding hydrogens is 524 g/mol. The number of ketones is 1. The maximum atomic E-state index is 13.8. The Balaban J connectivity index is 1.87. The molecule has 0 unspecified atom stereocenters. The molecule has 0 aliphatic carbocycles. The SMILES string of the molecule is CC[C@H](C)[C@@H]1NC(=O)[C@@H](Cc2ccccc2)NC(=O)[C@H](CCCCCC(=O)[C@@H](C)O)NC(=O)[C@@H]2CCCCN2C1=O. The van der Waals surface area contributed by atoms with Crippen molar-refractivity contribution in [2.75, 3.05) is 6.54 Å². The molecule has 10 nitrogen and oxygen atoms in total. The van der Waals surface area contributed by atoms with Gasteiger partial charge in [0.15, 0.2) is 5.78 Å². The van der Waals surface area contributed by atoms with E-state index in [0.717, 1.165) is 18.4 Å². The molecule has 4 amide bonds. The Labute approximate surface area is 243 Å². The van der Waals surface area contributed by atoms with Gasteiger partial charge in [-0.25, -0.2) is 0 Å². The molecule has 3 rings (SSSR count). The van der Waals surface area contributed by atoms with Crippen molar-refractivity contribution in [1.29, 1.82) is 0 Å². The summed E-state index contributed by atoms with van der Waals surface area (Å²) in [6.07, 6.45) is 4.25. The molecule has 226 valence electrons. The van der Waals surface area contributed by atoms with Crippen molar-refractivity contribution >= 4 is 29.4 Å². The molecule has 0 saturated carbocycles. The van der Waals surface area contributed by atoms with Gasteiger partial charge in [0.05, 0.1) is 0 Å². The first-order valence-corrected chi connectivity index (χ1v) is 15.1. The molecule has 0 radical (unpaired) electrons. The van der Waals surface area contributed by atoms with E-state index in [0.29, 0.717) is 45.1 Å². The van der Waals surface area contributed by atoms with Gasteiger partial charge in [0.2, 0.25) is 23.6 Å². The van der Waals surface area contributed by atoms with E-state index in [4.69, 9.17) is 0 Å². The Hall–Kier alpha value is -3.27. The number of carbonyl (C=O) groups is 5. The van der Waals surface area contributed by atoms with E-state index in [2.05, 4.69) is 16.0 Å². The highest BCUT2D eigenvalue weighted by atomic mass is 16.3. The number of piperidine rings is 1. The lowest BCUT2D eigenvalue weighted by molar-refractivity contribution is -0.147. The van der Waals surface area contributed by atoms with Crippen molar-refractivity contribution in [3.8, 4) is 0 Å². The first-order chi connectivity index (χ1) is 19.6. The van der Waals surface area contributed by atoms with Crippen LogP contribution in [0.4, 0.5) is 0 Å². The van der Waals surface area contributed by atoms with Crippen LogP contribution in [0, 0.1) is 5.92 Å². The minimum absolute atomic E-state index is 0.165. The van der Waals surface area contributed by atoms with E-state index in [1.807, 2.05) is 44.2 Å². The van der Waals surface area contributed by atoms with Gasteiger partial charge in [-0.1, -0.05) is 63.4 Å². The smallest absolute Gasteiger partial charge is 0.246 e. The molecule has 41 heavy (non-hydrogen) atoms. The van der Waals surface area contributed by atoms with E-state index in [9.17, 15) is 29.1 Å². The second-order valence-electron chi connectivity index (χ2n) is 11.5. The highest BCUT2D eigenvalue weighted by Gasteiger charge is 2.40. The minimum Gasteiger partial charge on any atom is -0.386 e. The van der Waals surface area contributed by atoms with Gasteiger partial charge in [-0.15, -0.1) is 0 Å². The predicted octanol–water partition coefficient (Wildman–Crippen LogP) is 2.02. The summed E-state index contributed by atoms with van der Waals surface area (Å²) in [5.41, 5.74) is 0.853. The van der Waals surface area contributed by atoms with Crippen LogP contribution < -0.4 is 16.0 Å². The molecule has 1 aromatic rings. The van der Waals surface area contributed by atoms with Crippen molar-refractivity contribution < 1.29 is 29.1 Å². The van der Waals surface area contributed by atoms with Gasteiger partial charge in [0, 0.05) is 19.4 Å². The number of rotatable bonds is 11. The summed E-state index contributed by atoms with van der Waals surface area (Å²) in [4.78, 5) is 68.0. The molecule has 0 spiro atoms.